The van der Waals surface area contributed by atoms with Crippen molar-refractivity contribution >= 4 is 5.97 Å². The number of carboxylic acid groups (broad SMARTS) is 1. The summed E-state index contributed by atoms with van der Waals surface area (Å²) >= 11 is 0. The largest absolute Gasteiger partial charge is 0.480 e. The molecule has 0 aromatic heterocycles. The number of hydrogen-bond donors (Lipinski definition) is 1. The van der Waals surface area contributed by atoms with Crippen molar-refractivity contribution in [3.8, 4) is 0 Å². The van der Waals surface area contributed by atoms with Gasteiger partial charge in [-0.05, 0) is 22.3 Å². The van der Waals surface area contributed by atoms with Crippen LogP contribution in [0.1, 0.15) is 22.3 Å². The second kappa shape index (κ2) is 16.8. The average Bonchev–Trinajstić information content (AvgIpc) is 3.07. The minimum atomic E-state index is -1.11. The average molecular weight is 599 g/mol. The highest BCUT2D eigenvalue weighted by molar-refractivity contribution is 5.68. The first-order chi connectivity index (χ1) is 21.7. The summed E-state index contributed by atoms with van der Waals surface area (Å²) in [6.45, 7) is 0.808. The predicted octanol–water partition coefficient (Wildman–Crippen LogP) is 5.79. The maximum absolute atomic E-state index is 11.6. The summed E-state index contributed by atoms with van der Waals surface area (Å²) in [7, 11) is 0. The Morgan fingerprint density at radius 3 is 1.41 bits per heavy atom. The molecule has 0 radical (unpaired) electrons. The van der Waals surface area contributed by atoms with Crippen LogP contribution in [0.25, 0.3) is 0 Å². The lowest BCUT2D eigenvalue weighted by Crippen LogP contribution is -2.62. The first-order valence-corrected chi connectivity index (χ1v) is 14.7. The Hall–Kier alpha value is -3.89. The van der Waals surface area contributed by atoms with Crippen molar-refractivity contribution in [1.29, 1.82) is 0 Å². The van der Waals surface area contributed by atoms with Crippen molar-refractivity contribution in [1.82, 2.24) is 0 Å². The number of carboxylic acids is 1. The van der Waals surface area contributed by atoms with Gasteiger partial charge in [0.05, 0.1) is 33.0 Å². The second-order valence-electron chi connectivity index (χ2n) is 10.5. The number of hydrogen-bond acceptors (Lipinski definition) is 7. The van der Waals surface area contributed by atoms with Crippen molar-refractivity contribution in [2.75, 3.05) is 13.2 Å². The monoisotopic (exact) mass is 598 g/mol. The van der Waals surface area contributed by atoms with Gasteiger partial charge in [0.25, 0.3) is 0 Å². The van der Waals surface area contributed by atoms with Crippen molar-refractivity contribution in [2.45, 2.75) is 57.1 Å². The first-order valence-electron chi connectivity index (χ1n) is 14.7. The van der Waals surface area contributed by atoms with Crippen molar-refractivity contribution < 1.29 is 38.3 Å². The molecule has 8 heteroatoms. The fraction of sp³-hybridized carbons (Fsp3) is 0.306. The van der Waals surface area contributed by atoms with Gasteiger partial charge >= 0.3 is 5.97 Å². The molecule has 5 rings (SSSR count). The summed E-state index contributed by atoms with van der Waals surface area (Å²) < 4.78 is 37.9. The zero-order chi connectivity index (χ0) is 30.4. The lowest BCUT2D eigenvalue weighted by Gasteiger charge is -2.45. The van der Waals surface area contributed by atoms with Crippen LogP contribution in [0, 0.1) is 0 Å². The smallest absolute Gasteiger partial charge is 0.329 e. The summed E-state index contributed by atoms with van der Waals surface area (Å²) in [4.78, 5) is 11.6. The number of rotatable bonds is 16. The maximum atomic E-state index is 11.6. The summed E-state index contributed by atoms with van der Waals surface area (Å²) in [5.74, 6) is -1.11. The maximum Gasteiger partial charge on any atom is 0.329 e. The van der Waals surface area contributed by atoms with E-state index in [0.717, 1.165) is 22.3 Å². The Morgan fingerprint density at radius 1 is 0.545 bits per heavy atom. The second-order valence-corrected chi connectivity index (χ2v) is 10.5. The van der Waals surface area contributed by atoms with Gasteiger partial charge in [0, 0.05) is 0 Å². The molecule has 230 valence electrons. The highest BCUT2D eigenvalue weighted by atomic mass is 16.7. The molecule has 0 saturated carbocycles. The lowest BCUT2D eigenvalue weighted by atomic mass is 9.97. The van der Waals surface area contributed by atoms with E-state index in [-0.39, 0.29) is 19.8 Å². The van der Waals surface area contributed by atoms with Crippen LogP contribution in [0.5, 0.6) is 0 Å². The van der Waals surface area contributed by atoms with Gasteiger partial charge in [-0.3, -0.25) is 0 Å². The van der Waals surface area contributed by atoms with E-state index in [9.17, 15) is 9.90 Å². The Kier molecular flexibility index (Phi) is 12.1. The van der Waals surface area contributed by atoms with E-state index in [0.29, 0.717) is 13.2 Å². The zero-order valence-corrected chi connectivity index (χ0v) is 24.5. The minimum Gasteiger partial charge on any atom is -0.480 e. The number of ether oxygens (including phenoxy) is 6. The van der Waals surface area contributed by atoms with Gasteiger partial charge in [-0.15, -0.1) is 0 Å². The van der Waals surface area contributed by atoms with E-state index in [2.05, 4.69) is 0 Å². The Morgan fingerprint density at radius 2 is 0.955 bits per heavy atom. The van der Waals surface area contributed by atoms with E-state index in [4.69, 9.17) is 28.4 Å². The Balaban J connectivity index is 1.42. The van der Waals surface area contributed by atoms with Gasteiger partial charge < -0.3 is 33.5 Å². The van der Waals surface area contributed by atoms with Gasteiger partial charge in [0.1, 0.15) is 31.0 Å². The van der Waals surface area contributed by atoms with Crippen LogP contribution in [0.15, 0.2) is 121 Å². The van der Waals surface area contributed by atoms with Crippen molar-refractivity contribution in [2.24, 2.45) is 0 Å². The third kappa shape index (κ3) is 9.56. The molecule has 0 spiro atoms. The van der Waals surface area contributed by atoms with Gasteiger partial charge in [0.15, 0.2) is 6.29 Å². The predicted molar refractivity (Wildman–Crippen MR) is 163 cm³/mol. The molecule has 1 N–H and O–H groups in total. The number of carbonyl (C=O) groups is 1. The normalized spacial score (nSPS) is 21.6. The van der Waals surface area contributed by atoms with Gasteiger partial charge in [-0.2, -0.15) is 0 Å². The van der Waals surface area contributed by atoms with Crippen LogP contribution in [-0.2, 0) is 59.6 Å². The highest BCUT2D eigenvalue weighted by Gasteiger charge is 2.49. The fourth-order valence-corrected chi connectivity index (χ4v) is 5.03. The van der Waals surface area contributed by atoms with Crippen LogP contribution in [0.3, 0.4) is 0 Å². The lowest BCUT2D eigenvalue weighted by molar-refractivity contribution is -0.327. The molecule has 4 aromatic carbocycles. The number of aliphatic carboxylic acids is 1. The van der Waals surface area contributed by atoms with E-state index in [1.807, 2.05) is 121 Å². The molecule has 2 unspecified atom stereocenters. The molecule has 5 atom stereocenters. The molecule has 0 bridgehead atoms. The van der Waals surface area contributed by atoms with Gasteiger partial charge in [0.2, 0.25) is 0 Å². The van der Waals surface area contributed by atoms with Crippen LogP contribution >= 0.6 is 0 Å². The van der Waals surface area contributed by atoms with Crippen LogP contribution < -0.4 is 0 Å². The standard InChI is InChI=1S/C36H38O8/c37-32(38)26-43-36-35(42-24-30-19-11-4-12-20-30)34(41-23-29-17-9-3-10-18-29)33(40-22-28-15-7-2-8-16-28)31(44-36)25-39-21-27-13-5-1-6-14-27/h1-20,31,33-36H,21-26H2,(H,37,38)/t31?,33-,34+,35-,36?/m1/s1. The molecule has 1 fully saturated rings. The van der Waals surface area contributed by atoms with E-state index in [1.54, 1.807) is 0 Å². The molecule has 1 aliphatic heterocycles. The molecule has 1 heterocycles. The molecule has 0 amide bonds. The fourth-order valence-electron chi connectivity index (χ4n) is 5.03. The molecule has 1 saturated heterocycles. The van der Waals surface area contributed by atoms with Crippen LogP contribution in [-0.4, -0.2) is 55.0 Å². The number of benzene rings is 4. The topological polar surface area (TPSA) is 92.7 Å². The molecule has 0 aliphatic carbocycles. The van der Waals surface area contributed by atoms with Gasteiger partial charge in [-0.1, -0.05) is 121 Å². The van der Waals surface area contributed by atoms with Crippen molar-refractivity contribution in [3.63, 3.8) is 0 Å². The molecule has 1 aliphatic rings. The molecule has 44 heavy (non-hydrogen) atoms. The van der Waals surface area contributed by atoms with E-state index < -0.39 is 43.3 Å². The summed E-state index contributed by atoms with van der Waals surface area (Å²) in [5, 5.41) is 9.45. The van der Waals surface area contributed by atoms with E-state index >= 15 is 0 Å². The van der Waals surface area contributed by atoms with Crippen molar-refractivity contribution in [3.05, 3.63) is 144 Å². The Labute approximate surface area is 258 Å². The summed E-state index contributed by atoms with van der Waals surface area (Å²) in [6, 6.07) is 39.3. The quantitative estimate of drug-likeness (QED) is 0.173. The highest BCUT2D eigenvalue weighted by Crippen LogP contribution is 2.31. The molecule has 4 aromatic rings. The summed E-state index contributed by atoms with van der Waals surface area (Å²) in [5.41, 5.74) is 3.93. The van der Waals surface area contributed by atoms with E-state index in [1.165, 1.54) is 0 Å². The SMILES string of the molecule is O=C(O)COC1OC(COCc2ccccc2)[C@@H](OCc2ccccc2)[C@H](OCc2ccccc2)[C@H]1OCc1ccccc1. The molecular formula is C36H38O8. The van der Waals surface area contributed by atoms with Gasteiger partial charge in [-0.25, -0.2) is 4.79 Å². The summed E-state index contributed by atoms with van der Waals surface area (Å²) in [6.07, 6.45) is -3.79. The Bertz CT molecular complexity index is 1370. The van der Waals surface area contributed by atoms with Crippen LogP contribution in [0.2, 0.25) is 0 Å². The minimum absolute atomic E-state index is 0.165. The first kappa shape index (κ1) is 31.5. The molecule has 8 nitrogen and oxygen atoms in total. The third-order valence-electron chi connectivity index (χ3n) is 7.21. The van der Waals surface area contributed by atoms with Crippen LogP contribution in [0.4, 0.5) is 0 Å². The molecular weight excluding hydrogens is 560 g/mol. The zero-order valence-electron chi connectivity index (χ0n) is 24.5. The third-order valence-corrected chi connectivity index (χ3v) is 7.21.